The van der Waals surface area contributed by atoms with Gasteiger partial charge in [0.15, 0.2) is 0 Å². The Labute approximate surface area is 147 Å². The number of aromatic nitrogens is 4. The summed E-state index contributed by atoms with van der Waals surface area (Å²) in [6.45, 7) is 3.73. The SMILES string of the molecule is c1cnn(-c2ccc(CNCc3cnc(N4CCCC4)nc3)cc2)c1. The molecule has 0 radical (unpaired) electrons. The van der Waals surface area contributed by atoms with E-state index in [1.54, 1.807) is 6.20 Å². The van der Waals surface area contributed by atoms with Crippen LogP contribution in [0.25, 0.3) is 5.69 Å². The molecule has 0 bridgehead atoms. The zero-order valence-electron chi connectivity index (χ0n) is 14.2. The molecule has 1 aliphatic rings. The third-order valence-corrected chi connectivity index (χ3v) is 4.44. The van der Waals surface area contributed by atoms with Gasteiger partial charge in [-0.1, -0.05) is 12.1 Å². The Morgan fingerprint density at radius 3 is 2.32 bits per heavy atom. The molecule has 1 aliphatic heterocycles. The van der Waals surface area contributed by atoms with Crippen molar-refractivity contribution in [3.05, 3.63) is 66.2 Å². The predicted molar refractivity (Wildman–Crippen MR) is 97.6 cm³/mol. The number of nitrogens with zero attached hydrogens (tertiary/aromatic N) is 5. The minimum Gasteiger partial charge on any atom is -0.341 e. The van der Waals surface area contributed by atoms with Crippen molar-refractivity contribution < 1.29 is 0 Å². The summed E-state index contributed by atoms with van der Waals surface area (Å²) in [5, 5.41) is 7.68. The average Bonchev–Trinajstić information content (AvgIpc) is 3.37. The molecule has 3 heterocycles. The fraction of sp³-hybridized carbons (Fsp3) is 0.316. The fourth-order valence-electron chi connectivity index (χ4n) is 3.06. The van der Waals surface area contributed by atoms with Crippen LogP contribution in [0.15, 0.2) is 55.1 Å². The van der Waals surface area contributed by atoms with Gasteiger partial charge in [0.05, 0.1) is 5.69 Å². The molecule has 0 spiro atoms. The number of anilines is 1. The van der Waals surface area contributed by atoms with Crippen LogP contribution < -0.4 is 10.2 Å². The second-order valence-electron chi connectivity index (χ2n) is 6.31. The van der Waals surface area contributed by atoms with Gasteiger partial charge in [-0.25, -0.2) is 14.6 Å². The van der Waals surface area contributed by atoms with E-state index in [0.29, 0.717) is 0 Å². The molecule has 2 aromatic heterocycles. The molecule has 0 atom stereocenters. The van der Waals surface area contributed by atoms with E-state index >= 15 is 0 Å². The monoisotopic (exact) mass is 334 g/mol. The molecule has 0 saturated carbocycles. The summed E-state index contributed by atoms with van der Waals surface area (Å²) >= 11 is 0. The highest BCUT2D eigenvalue weighted by Crippen LogP contribution is 2.15. The maximum atomic E-state index is 4.49. The number of rotatable bonds is 6. The summed E-state index contributed by atoms with van der Waals surface area (Å²) in [6, 6.07) is 10.3. The molecule has 6 heteroatoms. The first kappa shape index (κ1) is 15.8. The van der Waals surface area contributed by atoms with Crippen LogP contribution in [0.3, 0.4) is 0 Å². The molecule has 0 amide bonds. The highest BCUT2D eigenvalue weighted by atomic mass is 15.3. The van der Waals surface area contributed by atoms with Crippen molar-refractivity contribution in [2.75, 3.05) is 18.0 Å². The van der Waals surface area contributed by atoms with Crippen molar-refractivity contribution in [1.29, 1.82) is 0 Å². The van der Waals surface area contributed by atoms with Gasteiger partial charge >= 0.3 is 0 Å². The maximum Gasteiger partial charge on any atom is 0.225 e. The third kappa shape index (κ3) is 3.85. The number of benzene rings is 1. The molecule has 6 nitrogen and oxygen atoms in total. The van der Waals surface area contributed by atoms with Crippen molar-refractivity contribution in [1.82, 2.24) is 25.1 Å². The van der Waals surface area contributed by atoms with Gasteiger partial charge in [0.25, 0.3) is 0 Å². The Kier molecular flexibility index (Phi) is 4.70. The van der Waals surface area contributed by atoms with Crippen molar-refractivity contribution in [2.24, 2.45) is 0 Å². The molecule has 0 aliphatic carbocycles. The van der Waals surface area contributed by atoms with Crippen LogP contribution in [-0.2, 0) is 13.1 Å². The van der Waals surface area contributed by atoms with Crippen molar-refractivity contribution >= 4 is 5.95 Å². The van der Waals surface area contributed by atoms with Crippen LogP contribution in [0.4, 0.5) is 5.95 Å². The summed E-state index contributed by atoms with van der Waals surface area (Å²) < 4.78 is 1.86. The van der Waals surface area contributed by atoms with E-state index in [1.165, 1.54) is 18.4 Å². The lowest BCUT2D eigenvalue weighted by Gasteiger charge is -2.14. The minimum absolute atomic E-state index is 0.765. The van der Waals surface area contributed by atoms with Gasteiger partial charge in [0, 0.05) is 56.5 Å². The molecule has 0 unspecified atom stereocenters. The van der Waals surface area contributed by atoms with Gasteiger partial charge in [-0.2, -0.15) is 5.10 Å². The summed E-state index contributed by atoms with van der Waals surface area (Å²) in [5.74, 6) is 0.857. The first-order chi connectivity index (χ1) is 12.4. The summed E-state index contributed by atoms with van der Waals surface area (Å²) in [6.07, 6.45) is 10.1. The maximum absolute atomic E-state index is 4.49. The van der Waals surface area contributed by atoms with E-state index < -0.39 is 0 Å². The Hall–Kier alpha value is -2.73. The Bertz CT molecular complexity index is 774. The van der Waals surface area contributed by atoms with E-state index in [9.17, 15) is 0 Å². The molecular formula is C19H22N6. The minimum atomic E-state index is 0.765. The first-order valence-corrected chi connectivity index (χ1v) is 8.74. The number of hydrogen-bond acceptors (Lipinski definition) is 5. The Morgan fingerprint density at radius 1 is 0.920 bits per heavy atom. The van der Waals surface area contributed by atoms with E-state index in [2.05, 4.69) is 49.5 Å². The standard InChI is InChI=1S/C19H22N6/c1-2-10-24(9-1)19-21-14-17(15-22-19)13-20-12-16-4-6-18(7-5-16)25-11-3-8-23-25/h3-8,11,14-15,20H,1-2,9-10,12-13H2. The van der Waals surface area contributed by atoms with Gasteiger partial charge in [0.2, 0.25) is 5.95 Å². The lowest BCUT2D eigenvalue weighted by Crippen LogP contribution is -2.20. The normalized spacial score (nSPS) is 14.2. The second-order valence-corrected chi connectivity index (χ2v) is 6.31. The Balaban J connectivity index is 1.28. The fourth-order valence-corrected chi connectivity index (χ4v) is 3.06. The second kappa shape index (κ2) is 7.44. The highest BCUT2D eigenvalue weighted by Gasteiger charge is 2.14. The van der Waals surface area contributed by atoms with Crippen LogP contribution in [0, 0.1) is 0 Å². The van der Waals surface area contributed by atoms with Gasteiger partial charge in [-0.05, 0) is 36.6 Å². The first-order valence-electron chi connectivity index (χ1n) is 8.74. The Morgan fingerprint density at radius 2 is 1.64 bits per heavy atom. The molecular weight excluding hydrogens is 312 g/mol. The van der Waals surface area contributed by atoms with Crippen LogP contribution >= 0.6 is 0 Å². The molecule has 25 heavy (non-hydrogen) atoms. The van der Waals surface area contributed by atoms with Gasteiger partial charge in [-0.3, -0.25) is 0 Å². The third-order valence-electron chi connectivity index (χ3n) is 4.44. The lowest BCUT2D eigenvalue weighted by molar-refractivity contribution is 0.687. The van der Waals surface area contributed by atoms with E-state index in [4.69, 9.17) is 0 Å². The van der Waals surface area contributed by atoms with Crippen molar-refractivity contribution in [2.45, 2.75) is 25.9 Å². The van der Waals surface area contributed by atoms with Crippen LogP contribution in [0.1, 0.15) is 24.0 Å². The van der Waals surface area contributed by atoms with Crippen LogP contribution in [0.2, 0.25) is 0 Å². The molecule has 1 fully saturated rings. The van der Waals surface area contributed by atoms with Gasteiger partial charge in [0.1, 0.15) is 0 Å². The summed E-state index contributed by atoms with van der Waals surface area (Å²) in [5.41, 5.74) is 3.42. The molecule has 1 aromatic carbocycles. The number of hydrogen-bond donors (Lipinski definition) is 1. The molecule has 3 aromatic rings. The molecule has 4 rings (SSSR count). The van der Waals surface area contributed by atoms with E-state index in [0.717, 1.165) is 43.4 Å². The largest absolute Gasteiger partial charge is 0.341 e. The summed E-state index contributed by atoms with van der Waals surface area (Å²) in [7, 11) is 0. The van der Waals surface area contributed by atoms with E-state index in [-0.39, 0.29) is 0 Å². The molecule has 1 N–H and O–H groups in total. The number of nitrogens with one attached hydrogen (secondary N) is 1. The van der Waals surface area contributed by atoms with Crippen LogP contribution in [0.5, 0.6) is 0 Å². The quantitative estimate of drug-likeness (QED) is 0.751. The average molecular weight is 334 g/mol. The van der Waals surface area contributed by atoms with Gasteiger partial charge in [-0.15, -0.1) is 0 Å². The van der Waals surface area contributed by atoms with Gasteiger partial charge < -0.3 is 10.2 Å². The van der Waals surface area contributed by atoms with Crippen LogP contribution in [-0.4, -0.2) is 32.8 Å². The zero-order valence-corrected chi connectivity index (χ0v) is 14.2. The smallest absolute Gasteiger partial charge is 0.225 e. The molecule has 1 saturated heterocycles. The highest BCUT2D eigenvalue weighted by molar-refractivity contribution is 5.34. The topological polar surface area (TPSA) is 58.9 Å². The summed E-state index contributed by atoms with van der Waals surface area (Å²) in [4.78, 5) is 11.2. The van der Waals surface area contributed by atoms with E-state index in [1.807, 2.05) is 29.3 Å². The zero-order chi connectivity index (χ0) is 16.9. The van der Waals surface area contributed by atoms with Crippen molar-refractivity contribution in [3.63, 3.8) is 0 Å². The molecule has 128 valence electrons. The van der Waals surface area contributed by atoms with Crippen molar-refractivity contribution in [3.8, 4) is 5.69 Å². The predicted octanol–water partition coefficient (Wildman–Crippen LogP) is 2.55. The lowest BCUT2D eigenvalue weighted by atomic mass is 10.2.